The summed E-state index contributed by atoms with van der Waals surface area (Å²) >= 11 is 0. The molecule has 1 saturated heterocycles. The zero-order valence-electron chi connectivity index (χ0n) is 24.9. The summed E-state index contributed by atoms with van der Waals surface area (Å²) in [5, 5.41) is 0. The van der Waals surface area contributed by atoms with Crippen LogP contribution < -0.4 is 0 Å². The zero-order chi connectivity index (χ0) is 30.1. The lowest BCUT2D eigenvalue weighted by Crippen LogP contribution is -2.71. The Hall–Kier alpha value is -3.71. The van der Waals surface area contributed by atoms with Crippen molar-refractivity contribution >= 4 is 30.1 Å². The Morgan fingerprint density at radius 2 is 1.36 bits per heavy atom. The van der Waals surface area contributed by atoms with Crippen LogP contribution >= 0.6 is 0 Å². The van der Waals surface area contributed by atoms with Gasteiger partial charge in [0.25, 0.3) is 0 Å². The summed E-state index contributed by atoms with van der Waals surface area (Å²) in [4.78, 5) is 38.8. The van der Waals surface area contributed by atoms with Gasteiger partial charge < -0.3 is 18.9 Å². The summed E-state index contributed by atoms with van der Waals surface area (Å²) in [7, 11) is 0. The van der Waals surface area contributed by atoms with Gasteiger partial charge in [-0.25, -0.2) is 9.59 Å². The molecular formula is C35H40O7. The molecule has 7 nitrogen and oxygen atoms in total. The van der Waals surface area contributed by atoms with Gasteiger partial charge in [0.15, 0.2) is 6.10 Å². The zero-order valence-corrected chi connectivity index (χ0v) is 24.9. The second kappa shape index (κ2) is 11.5. The van der Waals surface area contributed by atoms with E-state index in [1.807, 2.05) is 67.6 Å². The number of hydrogen-bond donors (Lipinski definition) is 0. The van der Waals surface area contributed by atoms with Crippen LogP contribution in [0.2, 0.25) is 0 Å². The highest BCUT2D eigenvalue weighted by atomic mass is 16.6. The lowest BCUT2D eigenvalue weighted by molar-refractivity contribution is -0.284. The van der Waals surface area contributed by atoms with Crippen molar-refractivity contribution in [2.45, 2.75) is 83.4 Å². The molecule has 2 bridgehead atoms. The van der Waals surface area contributed by atoms with E-state index < -0.39 is 52.8 Å². The van der Waals surface area contributed by atoms with E-state index in [4.69, 9.17) is 18.9 Å². The van der Waals surface area contributed by atoms with Crippen LogP contribution in [0.5, 0.6) is 0 Å². The van der Waals surface area contributed by atoms with Gasteiger partial charge in [-0.05, 0) is 75.1 Å². The number of ether oxygens (including phenoxy) is 4. The van der Waals surface area contributed by atoms with Crippen molar-refractivity contribution in [3.05, 3.63) is 83.9 Å². The number of carbonyl (C=O) groups is 3. The second-order valence-corrected chi connectivity index (χ2v) is 12.6. The van der Waals surface area contributed by atoms with Crippen LogP contribution in [0.4, 0.5) is 0 Å². The van der Waals surface area contributed by atoms with Gasteiger partial charge in [-0.2, -0.15) is 0 Å². The summed E-state index contributed by atoms with van der Waals surface area (Å²) in [5.41, 5.74) is -0.463. The van der Waals surface area contributed by atoms with Crippen LogP contribution in [0.3, 0.4) is 0 Å². The molecule has 1 spiro atoms. The molecule has 5 rings (SSSR count). The Labute approximate surface area is 247 Å². The van der Waals surface area contributed by atoms with Crippen molar-refractivity contribution in [2.24, 2.45) is 17.3 Å². The standard InChI is InChI=1S/C35H40O7/c1-23-20-28(40-30(37)18-16-25-12-8-6-9-13-25)32(39-24(2)36)34(5)29(21-27-22-35(23,34)42-33(27,3)4)41-31(38)19-17-26-14-10-7-11-15-26/h6-19,23,27-29,32H,20-22H2,1-5H3/t23-,27-,28+,29+,32+,34-,35+/m1/s1. The monoisotopic (exact) mass is 572 g/mol. The molecule has 3 fully saturated rings. The predicted octanol–water partition coefficient (Wildman–Crippen LogP) is 6.17. The number of hydrogen-bond acceptors (Lipinski definition) is 7. The maximum absolute atomic E-state index is 13.2. The molecule has 2 saturated carbocycles. The highest BCUT2D eigenvalue weighted by molar-refractivity contribution is 5.88. The van der Waals surface area contributed by atoms with E-state index >= 15 is 0 Å². The molecule has 42 heavy (non-hydrogen) atoms. The highest BCUT2D eigenvalue weighted by Crippen LogP contribution is 2.67. The molecule has 7 atom stereocenters. The lowest BCUT2D eigenvalue weighted by atomic mass is 9.49. The quantitative estimate of drug-likeness (QED) is 0.223. The van der Waals surface area contributed by atoms with Crippen molar-refractivity contribution in [2.75, 3.05) is 0 Å². The van der Waals surface area contributed by atoms with Gasteiger partial charge in [-0.15, -0.1) is 0 Å². The summed E-state index contributed by atoms with van der Waals surface area (Å²) < 4.78 is 25.2. The molecular weight excluding hydrogens is 532 g/mol. The van der Waals surface area contributed by atoms with Crippen LogP contribution in [-0.2, 0) is 33.3 Å². The molecule has 1 aliphatic heterocycles. The van der Waals surface area contributed by atoms with Gasteiger partial charge in [0.05, 0.1) is 16.6 Å². The van der Waals surface area contributed by atoms with Crippen LogP contribution in [0.1, 0.15) is 65.0 Å². The van der Waals surface area contributed by atoms with Crippen molar-refractivity contribution < 1.29 is 33.3 Å². The van der Waals surface area contributed by atoms with Crippen molar-refractivity contribution in [3.63, 3.8) is 0 Å². The molecule has 1 heterocycles. The SMILES string of the molecule is CC(=O)O[C@H]1[C@@H](OC(=O)C=Cc2ccccc2)C[C@@H](C)[C@@]23C[C@@H](C[C@H](OC(=O)C=Cc4ccccc4)[C@]12C)C(C)(C)O3. The lowest BCUT2D eigenvalue weighted by Gasteiger charge is -2.61. The summed E-state index contributed by atoms with van der Waals surface area (Å²) in [6.07, 6.45) is 5.65. The van der Waals surface area contributed by atoms with E-state index in [1.54, 1.807) is 12.2 Å². The Morgan fingerprint density at radius 3 is 1.90 bits per heavy atom. The smallest absolute Gasteiger partial charge is 0.331 e. The minimum atomic E-state index is -0.981. The molecule has 2 aromatic rings. The normalized spacial score (nSPS) is 33.2. The van der Waals surface area contributed by atoms with E-state index in [1.165, 1.54) is 19.1 Å². The molecule has 3 aliphatic rings. The first-order valence-electron chi connectivity index (χ1n) is 14.7. The molecule has 0 aromatic heterocycles. The minimum absolute atomic E-state index is 0.0733. The Bertz CT molecular complexity index is 1360. The first kappa shape index (κ1) is 29.8. The third kappa shape index (κ3) is 5.54. The van der Waals surface area contributed by atoms with Crippen LogP contribution in [0.15, 0.2) is 72.8 Å². The van der Waals surface area contributed by atoms with Gasteiger partial charge in [0, 0.05) is 19.1 Å². The van der Waals surface area contributed by atoms with E-state index in [0.717, 1.165) is 17.5 Å². The number of carbonyl (C=O) groups excluding carboxylic acids is 3. The Morgan fingerprint density at radius 1 is 0.810 bits per heavy atom. The molecule has 0 unspecified atom stereocenters. The first-order valence-corrected chi connectivity index (χ1v) is 14.7. The number of benzene rings is 2. The third-order valence-electron chi connectivity index (χ3n) is 9.61. The first-order chi connectivity index (χ1) is 19.9. The molecule has 7 heteroatoms. The van der Waals surface area contributed by atoms with E-state index in [-0.39, 0.29) is 11.8 Å². The fraction of sp³-hybridized carbons (Fsp3) is 0.457. The Balaban J connectivity index is 1.47. The Kier molecular flexibility index (Phi) is 8.17. The largest absolute Gasteiger partial charge is 0.458 e. The fourth-order valence-corrected chi connectivity index (χ4v) is 7.47. The predicted molar refractivity (Wildman–Crippen MR) is 159 cm³/mol. The van der Waals surface area contributed by atoms with Crippen LogP contribution in [0, 0.1) is 17.3 Å². The molecule has 0 N–H and O–H groups in total. The summed E-state index contributed by atoms with van der Waals surface area (Å²) in [6, 6.07) is 19.0. The number of rotatable bonds is 7. The van der Waals surface area contributed by atoms with Gasteiger partial charge in [-0.3, -0.25) is 4.79 Å². The van der Waals surface area contributed by atoms with Gasteiger partial charge in [0.1, 0.15) is 12.2 Å². The van der Waals surface area contributed by atoms with Crippen molar-refractivity contribution in [1.82, 2.24) is 0 Å². The summed E-state index contributed by atoms with van der Waals surface area (Å²) in [6.45, 7) is 9.53. The molecule has 222 valence electrons. The number of esters is 3. The average Bonchev–Trinajstić information content (AvgIpc) is 3.20. The minimum Gasteiger partial charge on any atom is -0.458 e. The average molecular weight is 573 g/mol. The van der Waals surface area contributed by atoms with Crippen LogP contribution in [0.25, 0.3) is 12.2 Å². The van der Waals surface area contributed by atoms with Gasteiger partial charge in [-0.1, -0.05) is 67.6 Å². The fourth-order valence-electron chi connectivity index (χ4n) is 7.47. The molecule has 2 aliphatic carbocycles. The summed E-state index contributed by atoms with van der Waals surface area (Å²) in [5.74, 6) is -1.46. The van der Waals surface area contributed by atoms with Crippen molar-refractivity contribution in [1.29, 1.82) is 0 Å². The highest BCUT2D eigenvalue weighted by Gasteiger charge is 2.75. The molecule has 0 amide bonds. The van der Waals surface area contributed by atoms with E-state index in [2.05, 4.69) is 20.8 Å². The second-order valence-electron chi connectivity index (χ2n) is 12.6. The maximum Gasteiger partial charge on any atom is 0.331 e. The molecule has 0 radical (unpaired) electrons. The van der Waals surface area contributed by atoms with E-state index in [0.29, 0.717) is 12.8 Å². The third-order valence-corrected chi connectivity index (χ3v) is 9.61. The number of fused-ring (bicyclic) bond motifs is 1. The van der Waals surface area contributed by atoms with Crippen LogP contribution in [-0.4, -0.2) is 47.4 Å². The topological polar surface area (TPSA) is 88.1 Å². The van der Waals surface area contributed by atoms with Gasteiger partial charge in [0.2, 0.25) is 0 Å². The van der Waals surface area contributed by atoms with Crippen molar-refractivity contribution in [3.8, 4) is 0 Å². The van der Waals surface area contributed by atoms with E-state index in [9.17, 15) is 14.4 Å². The maximum atomic E-state index is 13.2. The molecule has 2 aromatic carbocycles. The van der Waals surface area contributed by atoms with Gasteiger partial charge >= 0.3 is 17.9 Å².